The van der Waals surface area contributed by atoms with E-state index in [1.807, 2.05) is 0 Å². The van der Waals surface area contributed by atoms with Crippen molar-refractivity contribution >= 4 is 25.7 Å². The van der Waals surface area contributed by atoms with Crippen LogP contribution in [-0.4, -0.2) is 38.9 Å². The molecule has 2 aliphatic heterocycles. The number of carbonyl (C=O) groups is 1. The van der Waals surface area contributed by atoms with Crippen molar-refractivity contribution in [2.75, 3.05) is 13.2 Å². The molecular formula is C9H16O5Si2-2. The Morgan fingerprint density at radius 3 is 1.31 bits per heavy atom. The van der Waals surface area contributed by atoms with E-state index in [1.54, 1.807) is 0 Å². The molecule has 0 spiro atoms. The van der Waals surface area contributed by atoms with Crippen molar-refractivity contribution in [3.8, 4) is 0 Å². The first kappa shape index (κ1) is 15.6. The maximum atomic E-state index is 8.33. The first-order valence-corrected chi connectivity index (χ1v) is 7.54. The molecule has 2 rings (SSSR count). The maximum Gasteiger partial charge on any atom is 0.229 e. The van der Waals surface area contributed by atoms with E-state index in [1.165, 1.54) is 37.8 Å². The van der Waals surface area contributed by atoms with E-state index in [0.29, 0.717) is 0 Å². The van der Waals surface area contributed by atoms with E-state index in [-0.39, 0.29) is 0 Å². The second kappa shape index (κ2) is 12.7. The van der Waals surface area contributed by atoms with Gasteiger partial charge in [-0.25, -0.2) is 0 Å². The van der Waals surface area contributed by atoms with Crippen LogP contribution in [-0.2, 0) is 8.85 Å². The summed E-state index contributed by atoms with van der Waals surface area (Å²) in [5, 5.41) is 16.7. The lowest BCUT2D eigenvalue weighted by Gasteiger charge is -2.06. The molecule has 7 heteroatoms. The highest BCUT2D eigenvalue weighted by Crippen LogP contribution is 2.01. The number of carbonyl (C=O) groups excluding carboxylic acids is 1. The van der Waals surface area contributed by atoms with E-state index in [0.717, 1.165) is 32.7 Å². The standard InChI is InChI=1S/2C4H8OSi.CH2O3/c2*1-2-4-6-5-3-1;2-1(3)4/h2*1-4H2;(H2,2,3,4)/p-2. The molecule has 0 aromatic rings. The third kappa shape index (κ3) is 16.1. The zero-order chi connectivity index (χ0) is 12.1. The summed E-state index contributed by atoms with van der Waals surface area (Å²) in [7, 11) is 1.60. The Balaban J connectivity index is 0.000000217. The monoisotopic (exact) mass is 260 g/mol. The summed E-state index contributed by atoms with van der Waals surface area (Å²) >= 11 is 0. The molecule has 2 heterocycles. The van der Waals surface area contributed by atoms with Crippen LogP contribution >= 0.6 is 0 Å². The molecule has 92 valence electrons. The fourth-order valence-electron chi connectivity index (χ4n) is 1.03. The number of carboxylic acid groups (broad SMARTS) is 2. The van der Waals surface area contributed by atoms with E-state index in [4.69, 9.17) is 23.9 Å². The molecule has 4 radical (unpaired) electrons. The van der Waals surface area contributed by atoms with Crippen molar-refractivity contribution in [3.05, 3.63) is 0 Å². The predicted octanol–water partition coefficient (Wildman–Crippen LogP) is -0.778. The minimum Gasteiger partial charge on any atom is -0.652 e. The molecule has 0 aromatic carbocycles. The summed E-state index contributed by atoms with van der Waals surface area (Å²) in [5.74, 6) is 0. The Morgan fingerprint density at radius 1 is 0.875 bits per heavy atom. The van der Waals surface area contributed by atoms with Crippen LogP contribution in [0.25, 0.3) is 0 Å². The smallest absolute Gasteiger partial charge is 0.229 e. The Labute approximate surface area is 101 Å². The molecule has 0 aliphatic carbocycles. The molecule has 2 fully saturated rings. The fraction of sp³-hybridized carbons (Fsp3) is 0.889. The van der Waals surface area contributed by atoms with Crippen molar-refractivity contribution in [1.82, 2.24) is 0 Å². The average molecular weight is 260 g/mol. The van der Waals surface area contributed by atoms with Gasteiger partial charge in [-0.2, -0.15) is 0 Å². The highest BCUT2D eigenvalue weighted by molar-refractivity contribution is 6.27. The lowest BCUT2D eigenvalue weighted by Crippen LogP contribution is -2.37. The second-order valence-electron chi connectivity index (χ2n) is 3.15. The van der Waals surface area contributed by atoms with Gasteiger partial charge in [0.2, 0.25) is 19.5 Å². The van der Waals surface area contributed by atoms with Gasteiger partial charge in [-0.15, -0.1) is 0 Å². The highest BCUT2D eigenvalue weighted by Gasteiger charge is 1.98. The van der Waals surface area contributed by atoms with Crippen molar-refractivity contribution in [2.45, 2.75) is 37.8 Å². The van der Waals surface area contributed by atoms with Crippen LogP contribution in [0, 0.1) is 0 Å². The highest BCUT2D eigenvalue weighted by atomic mass is 28.2. The average Bonchev–Trinajstić information content (AvgIpc) is 2.34. The van der Waals surface area contributed by atoms with Crippen LogP contribution in [0.15, 0.2) is 0 Å². The molecular weight excluding hydrogens is 244 g/mol. The fourth-order valence-corrected chi connectivity index (χ4v) is 2.69. The minimum atomic E-state index is -2.33. The Bertz CT molecular complexity index is 121. The van der Waals surface area contributed by atoms with Crippen LogP contribution < -0.4 is 10.2 Å². The molecule has 0 N–H and O–H groups in total. The van der Waals surface area contributed by atoms with Crippen molar-refractivity contribution < 1.29 is 23.9 Å². The second-order valence-corrected chi connectivity index (χ2v) is 5.30. The van der Waals surface area contributed by atoms with Crippen LogP contribution in [0.3, 0.4) is 0 Å². The number of rotatable bonds is 0. The van der Waals surface area contributed by atoms with Crippen molar-refractivity contribution in [1.29, 1.82) is 0 Å². The quantitative estimate of drug-likeness (QED) is 0.534. The molecule has 0 amide bonds. The van der Waals surface area contributed by atoms with Gasteiger partial charge in [0.15, 0.2) is 0 Å². The summed E-state index contributed by atoms with van der Waals surface area (Å²) in [6.45, 7) is 2.02. The third-order valence-electron chi connectivity index (χ3n) is 1.75. The molecule has 5 nitrogen and oxygen atoms in total. The summed E-state index contributed by atoms with van der Waals surface area (Å²) < 4.78 is 10.2. The molecule has 2 aliphatic rings. The molecule has 0 aromatic heterocycles. The SMILES string of the molecule is C1CC[Si]OC1.C1CC[Si]OC1.O=C([O-])[O-]. The Morgan fingerprint density at radius 2 is 1.25 bits per heavy atom. The summed E-state index contributed by atoms with van der Waals surface area (Å²) in [6.07, 6.45) is 3.01. The molecule has 0 saturated carbocycles. The number of hydrogen-bond donors (Lipinski definition) is 0. The zero-order valence-electron chi connectivity index (χ0n) is 9.20. The van der Waals surface area contributed by atoms with Gasteiger partial charge in [0, 0.05) is 13.2 Å². The van der Waals surface area contributed by atoms with E-state index < -0.39 is 6.16 Å². The summed E-state index contributed by atoms with van der Waals surface area (Å²) in [5.41, 5.74) is 0. The van der Waals surface area contributed by atoms with Crippen LogP contribution in [0.4, 0.5) is 4.79 Å². The lowest BCUT2D eigenvalue weighted by molar-refractivity contribution is -0.415. The van der Waals surface area contributed by atoms with Gasteiger partial charge in [0.25, 0.3) is 0 Å². The van der Waals surface area contributed by atoms with Crippen LogP contribution in [0.5, 0.6) is 0 Å². The molecule has 0 bridgehead atoms. The van der Waals surface area contributed by atoms with Gasteiger partial charge in [0.05, 0.1) is 0 Å². The van der Waals surface area contributed by atoms with Gasteiger partial charge in [-0.1, -0.05) is 12.8 Å². The van der Waals surface area contributed by atoms with Gasteiger partial charge >= 0.3 is 0 Å². The van der Waals surface area contributed by atoms with Gasteiger partial charge in [0.1, 0.15) is 0 Å². The lowest BCUT2D eigenvalue weighted by atomic mass is 10.4. The molecule has 0 unspecified atom stereocenters. The van der Waals surface area contributed by atoms with Crippen molar-refractivity contribution in [3.63, 3.8) is 0 Å². The largest absolute Gasteiger partial charge is 0.652 e. The van der Waals surface area contributed by atoms with Gasteiger partial charge in [-0.05, 0) is 31.1 Å². The molecule has 2 saturated heterocycles. The Kier molecular flexibility index (Phi) is 12.4. The molecule has 0 atom stereocenters. The van der Waals surface area contributed by atoms with E-state index in [9.17, 15) is 0 Å². The topological polar surface area (TPSA) is 81.7 Å². The molecule has 16 heavy (non-hydrogen) atoms. The Hall–Kier alpha value is -0.376. The first-order chi connectivity index (χ1) is 7.73. The van der Waals surface area contributed by atoms with Crippen molar-refractivity contribution in [2.24, 2.45) is 0 Å². The van der Waals surface area contributed by atoms with Gasteiger partial charge in [-0.3, -0.25) is 0 Å². The first-order valence-electron chi connectivity index (χ1n) is 5.31. The number of hydrogen-bond acceptors (Lipinski definition) is 5. The summed E-state index contributed by atoms with van der Waals surface area (Å²) in [4.78, 5) is 8.33. The normalized spacial score (nSPS) is 19.5. The minimum absolute atomic E-state index is 0.802. The third-order valence-corrected chi connectivity index (χ3v) is 3.69. The predicted molar refractivity (Wildman–Crippen MR) is 56.9 cm³/mol. The van der Waals surface area contributed by atoms with Gasteiger partial charge < -0.3 is 23.9 Å². The van der Waals surface area contributed by atoms with E-state index in [2.05, 4.69) is 0 Å². The summed E-state index contributed by atoms with van der Waals surface area (Å²) in [6, 6.07) is 2.61. The maximum absolute atomic E-state index is 8.33. The zero-order valence-corrected chi connectivity index (χ0v) is 11.2. The van der Waals surface area contributed by atoms with Crippen LogP contribution in [0.1, 0.15) is 25.7 Å². The van der Waals surface area contributed by atoms with Crippen LogP contribution in [0.2, 0.25) is 12.1 Å². The van der Waals surface area contributed by atoms with E-state index >= 15 is 0 Å².